The molecular weight excluding hydrogens is 424 g/mol. The number of rotatable bonds is 4. The Kier molecular flexibility index (Phi) is 6.65. The first kappa shape index (κ1) is 19.9. The second-order valence-electron chi connectivity index (χ2n) is 6.32. The molecule has 1 N–H and O–H groups in total. The minimum absolute atomic E-state index is 0.152. The third kappa shape index (κ3) is 6.13. The van der Waals surface area contributed by atoms with Crippen LogP contribution in [0.2, 0.25) is 0 Å². The van der Waals surface area contributed by atoms with Crippen LogP contribution in [0.1, 0.15) is 26.3 Å². The Labute approximate surface area is 165 Å². The van der Waals surface area contributed by atoms with Crippen LogP contribution in [0.15, 0.2) is 33.6 Å². The molecule has 1 aromatic rings. The molecule has 1 aromatic carbocycles. The van der Waals surface area contributed by atoms with Crippen molar-refractivity contribution < 1.29 is 14.3 Å². The number of amides is 2. The number of carbonyl (C=O) groups is 2. The Morgan fingerprint density at radius 3 is 2.80 bits per heavy atom. The molecule has 1 aliphatic rings. The molecule has 2 rings (SSSR count). The lowest BCUT2D eigenvalue weighted by atomic mass is 10.2. The minimum atomic E-state index is -0.557. The zero-order valence-electron chi connectivity index (χ0n) is 14.2. The Morgan fingerprint density at radius 1 is 1.44 bits per heavy atom. The molecule has 0 radical (unpaired) electrons. The maximum atomic E-state index is 12.5. The third-order valence-electron chi connectivity index (χ3n) is 3.02. The molecule has 1 aliphatic heterocycles. The predicted molar refractivity (Wildman–Crippen MR) is 108 cm³/mol. The number of hydrogen-bond donors (Lipinski definition) is 1. The average Bonchev–Trinajstić information content (AvgIpc) is 2.73. The summed E-state index contributed by atoms with van der Waals surface area (Å²) >= 11 is 9.95. The van der Waals surface area contributed by atoms with Gasteiger partial charge in [0.25, 0.3) is 5.91 Å². The number of nitrogens with one attached hydrogen (secondary N) is 1. The van der Waals surface area contributed by atoms with Gasteiger partial charge in [-0.2, -0.15) is 0 Å². The van der Waals surface area contributed by atoms with Gasteiger partial charge in [-0.25, -0.2) is 4.79 Å². The van der Waals surface area contributed by atoms with Crippen molar-refractivity contribution >= 4 is 62.3 Å². The monoisotopic (exact) mass is 442 g/mol. The molecule has 0 atom stereocenters. The lowest BCUT2D eigenvalue weighted by Gasteiger charge is -2.20. The predicted octanol–water partition coefficient (Wildman–Crippen LogP) is 4.18. The smallest absolute Gasteiger partial charge is 0.407 e. The summed E-state index contributed by atoms with van der Waals surface area (Å²) in [7, 11) is 0. The van der Waals surface area contributed by atoms with Crippen LogP contribution in [0.5, 0.6) is 0 Å². The van der Waals surface area contributed by atoms with Crippen LogP contribution < -0.4 is 5.32 Å². The highest BCUT2D eigenvalue weighted by molar-refractivity contribution is 9.10. The SMILES string of the molecule is CC(C)(C)OC(=O)NCCN1C(=O)/C(=C/c2cccc(Br)c2)SC1=S. The molecule has 1 fully saturated rings. The Balaban J connectivity index is 1.94. The van der Waals surface area contributed by atoms with E-state index in [1.807, 2.05) is 30.3 Å². The lowest BCUT2D eigenvalue weighted by molar-refractivity contribution is -0.122. The van der Waals surface area contributed by atoms with Gasteiger partial charge in [-0.1, -0.05) is 52.0 Å². The second kappa shape index (κ2) is 8.33. The van der Waals surface area contributed by atoms with Crippen molar-refractivity contribution in [3.05, 3.63) is 39.2 Å². The first-order valence-corrected chi connectivity index (χ1v) is 9.65. The first-order chi connectivity index (χ1) is 11.7. The highest BCUT2D eigenvalue weighted by Gasteiger charge is 2.31. The summed E-state index contributed by atoms with van der Waals surface area (Å²) in [4.78, 5) is 26.2. The van der Waals surface area contributed by atoms with E-state index in [0.29, 0.717) is 15.8 Å². The summed E-state index contributed by atoms with van der Waals surface area (Å²) in [5.74, 6) is -0.152. The fourth-order valence-corrected chi connectivity index (χ4v) is 3.75. The van der Waals surface area contributed by atoms with Crippen LogP contribution in [0.3, 0.4) is 0 Å². The number of hydrogen-bond acceptors (Lipinski definition) is 5. The van der Waals surface area contributed by atoms with E-state index in [4.69, 9.17) is 17.0 Å². The Hall–Kier alpha value is -1.38. The summed E-state index contributed by atoms with van der Waals surface area (Å²) < 4.78 is 6.59. The second-order valence-corrected chi connectivity index (χ2v) is 8.91. The van der Waals surface area contributed by atoms with Crippen molar-refractivity contribution in [1.82, 2.24) is 10.2 Å². The van der Waals surface area contributed by atoms with Crippen molar-refractivity contribution in [2.24, 2.45) is 0 Å². The van der Waals surface area contributed by atoms with Gasteiger partial charge in [0.05, 0.1) is 4.91 Å². The van der Waals surface area contributed by atoms with Gasteiger partial charge in [-0.05, 0) is 44.5 Å². The molecule has 0 aromatic heterocycles. The van der Waals surface area contributed by atoms with Gasteiger partial charge in [0.15, 0.2) is 0 Å². The van der Waals surface area contributed by atoms with Crippen LogP contribution in [0, 0.1) is 0 Å². The zero-order valence-corrected chi connectivity index (χ0v) is 17.4. The zero-order chi connectivity index (χ0) is 18.6. The molecule has 0 spiro atoms. The molecule has 0 aliphatic carbocycles. The fraction of sp³-hybridized carbons (Fsp3) is 0.353. The number of halogens is 1. The van der Waals surface area contributed by atoms with Gasteiger partial charge in [-0.15, -0.1) is 0 Å². The number of thiocarbonyl (C=S) groups is 1. The largest absolute Gasteiger partial charge is 0.444 e. The topological polar surface area (TPSA) is 58.6 Å². The van der Waals surface area contributed by atoms with Crippen molar-refractivity contribution in [2.45, 2.75) is 26.4 Å². The van der Waals surface area contributed by atoms with Crippen molar-refractivity contribution in [1.29, 1.82) is 0 Å². The molecule has 1 saturated heterocycles. The van der Waals surface area contributed by atoms with E-state index in [2.05, 4.69) is 21.2 Å². The number of alkyl carbamates (subject to hydrolysis) is 1. The van der Waals surface area contributed by atoms with E-state index < -0.39 is 11.7 Å². The van der Waals surface area contributed by atoms with E-state index in [9.17, 15) is 9.59 Å². The first-order valence-electron chi connectivity index (χ1n) is 7.63. The number of carbonyl (C=O) groups excluding carboxylic acids is 2. The number of ether oxygens (including phenoxy) is 1. The molecule has 0 unspecified atom stereocenters. The molecule has 2 amide bonds. The van der Waals surface area contributed by atoms with Gasteiger partial charge < -0.3 is 10.1 Å². The van der Waals surface area contributed by atoms with Gasteiger partial charge in [0, 0.05) is 17.6 Å². The van der Waals surface area contributed by atoms with E-state index in [1.165, 1.54) is 16.7 Å². The fourth-order valence-electron chi connectivity index (χ4n) is 2.02. The number of nitrogens with zero attached hydrogens (tertiary/aromatic N) is 1. The van der Waals surface area contributed by atoms with Crippen LogP contribution in [0.4, 0.5) is 4.79 Å². The van der Waals surface area contributed by atoms with Crippen molar-refractivity contribution in [3.8, 4) is 0 Å². The highest BCUT2D eigenvalue weighted by atomic mass is 79.9. The number of thioether (sulfide) groups is 1. The van der Waals surface area contributed by atoms with Gasteiger partial charge in [0.2, 0.25) is 0 Å². The molecule has 0 saturated carbocycles. The molecule has 8 heteroatoms. The Bertz CT molecular complexity index is 729. The van der Waals surface area contributed by atoms with Gasteiger partial charge in [-0.3, -0.25) is 9.69 Å². The van der Waals surface area contributed by atoms with Crippen molar-refractivity contribution in [3.63, 3.8) is 0 Å². The van der Waals surface area contributed by atoms with E-state index in [1.54, 1.807) is 20.8 Å². The maximum Gasteiger partial charge on any atom is 0.407 e. The van der Waals surface area contributed by atoms with Crippen LogP contribution in [0.25, 0.3) is 6.08 Å². The molecular formula is C17H19BrN2O3S2. The van der Waals surface area contributed by atoms with Crippen LogP contribution in [-0.4, -0.2) is 39.9 Å². The molecule has 5 nitrogen and oxygen atoms in total. The summed E-state index contributed by atoms with van der Waals surface area (Å²) in [5, 5.41) is 2.63. The standard InChI is InChI=1S/C17H19BrN2O3S2/c1-17(2,3)23-15(22)19-7-8-20-14(21)13(25-16(20)24)10-11-5-4-6-12(18)9-11/h4-6,9-10H,7-8H2,1-3H3,(H,19,22)/b13-10-. The summed E-state index contributed by atoms with van der Waals surface area (Å²) in [6, 6.07) is 7.67. The number of benzene rings is 1. The quantitative estimate of drug-likeness (QED) is 0.559. The van der Waals surface area contributed by atoms with Crippen LogP contribution in [-0.2, 0) is 9.53 Å². The Morgan fingerprint density at radius 2 is 2.16 bits per heavy atom. The maximum absolute atomic E-state index is 12.5. The van der Waals surface area contributed by atoms with Gasteiger partial charge in [0.1, 0.15) is 9.92 Å². The van der Waals surface area contributed by atoms with Gasteiger partial charge >= 0.3 is 6.09 Å². The van der Waals surface area contributed by atoms with E-state index >= 15 is 0 Å². The summed E-state index contributed by atoms with van der Waals surface area (Å²) in [6.07, 6.45) is 1.30. The van der Waals surface area contributed by atoms with E-state index in [-0.39, 0.29) is 12.5 Å². The normalized spacial score (nSPS) is 16.5. The average molecular weight is 443 g/mol. The lowest BCUT2D eigenvalue weighted by Crippen LogP contribution is -2.39. The molecule has 25 heavy (non-hydrogen) atoms. The molecule has 134 valence electrons. The third-order valence-corrected chi connectivity index (χ3v) is 4.89. The van der Waals surface area contributed by atoms with Crippen molar-refractivity contribution in [2.75, 3.05) is 13.1 Å². The molecule has 1 heterocycles. The van der Waals surface area contributed by atoms with Crippen LogP contribution >= 0.6 is 39.9 Å². The minimum Gasteiger partial charge on any atom is -0.444 e. The summed E-state index contributed by atoms with van der Waals surface area (Å²) in [6.45, 7) is 5.95. The summed E-state index contributed by atoms with van der Waals surface area (Å²) in [5.41, 5.74) is 0.361. The molecule has 0 bridgehead atoms. The van der Waals surface area contributed by atoms with E-state index in [0.717, 1.165) is 10.0 Å². The highest BCUT2D eigenvalue weighted by Crippen LogP contribution is 2.32.